The molecule has 0 aliphatic rings. The van der Waals surface area contributed by atoms with E-state index in [1.165, 1.54) is 10.5 Å². The molecule has 0 spiro atoms. The highest BCUT2D eigenvalue weighted by atomic mass is 16.5. The van der Waals surface area contributed by atoms with Gasteiger partial charge in [0.15, 0.2) is 0 Å². The first-order valence-electron chi connectivity index (χ1n) is 9.39. The van der Waals surface area contributed by atoms with Crippen molar-refractivity contribution in [3.05, 3.63) is 117 Å². The fourth-order valence-corrected chi connectivity index (χ4v) is 3.34. The SMILES string of the molecule is Cc1cccc2nc(COC(=O)c3ccccc3Cc3ccccc3)cc(=O)n12. The zero-order chi connectivity index (χ0) is 20.2. The molecule has 2 aromatic carbocycles. The lowest BCUT2D eigenvalue weighted by Crippen LogP contribution is -2.18. The van der Waals surface area contributed by atoms with Crippen LogP contribution in [0, 0.1) is 6.92 Å². The Hall–Kier alpha value is -3.73. The molecule has 0 radical (unpaired) electrons. The number of nitrogens with zero attached hydrogens (tertiary/aromatic N) is 2. The molecule has 29 heavy (non-hydrogen) atoms. The second-order valence-electron chi connectivity index (χ2n) is 6.84. The van der Waals surface area contributed by atoms with E-state index in [9.17, 15) is 9.59 Å². The van der Waals surface area contributed by atoms with Gasteiger partial charge < -0.3 is 4.74 Å². The highest BCUT2D eigenvalue weighted by Crippen LogP contribution is 2.16. The molecule has 0 unspecified atom stereocenters. The second-order valence-corrected chi connectivity index (χ2v) is 6.84. The summed E-state index contributed by atoms with van der Waals surface area (Å²) in [6.45, 7) is 1.79. The molecular weight excluding hydrogens is 364 g/mol. The van der Waals surface area contributed by atoms with E-state index in [1.807, 2.05) is 67.6 Å². The topological polar surface area (TPSA) is 60.7 Å². The number of carbonyl (C=O) groups is 1. The third kappa shape index (κ3) is 4.09. The van der Waals surface area contributed by atoms with Crippen LogP contribution in [0.1, 0.15) is 32.9 Å². The highest BCUT2D eigenvalue weighted by Gasteiger charge is 2.14. The normalized spacial score (nSPS) is 10.8. The largest absolute Gasteiger partial charge is 0.456 e. The number of aryl methyl sites for hydroxylation is 1. The first-order valence-corrected chi connectivity index (χ1v) is 9.39. The van der Waals surface area contributed by atoms with Gasteiger partial charge in [-0.3, -0.25) is 9.20 Å². The van der Waals surface area contributed by atoms with Crippen LogP contribution in [-0.4, -0.2) is 15.4 Å². The minimum absolute atomic E-state index is 0.0574. The van der Waals surface area contributed by atoms with E-state index >= 15 is 0 Å². The number of esters is 1. The maximum absolute atomic E-state index is 12.7. The molecule has 0 bridgehead atoms. The van der Waals surface area contributed by atoms with Crippen molar-refractivity contribution in [2.45, 2.75) is 20.0 Å². The zero-order valence-electron chi connectivity index (χ0n) is 16.0. The van der Waals surface area contributed by atoms with E-state index in [2.05, 4.69) is 4.98 Å². The van der Waals surface area contributed by atoms with Crippen LogP contribution < -0.4 is 5.56 Å². The van der Waals surface area contributed by atoms with Gasteiger partial charge in [-0.2, -0.15) is 0 Å². The van der Waals surface area contributed by atoms with Gasteiger partial charge in [-0.15, -0.1) is 0 Å². The Morgan fingerprint density at radius 3 is 2.55 bits per heavy atom. The lowest BCUT2D eigenvalue weighted by Gasteiger charge is -2.10. The monoisotopic (exact) mass is 384 g/mol. The number of carbonyl (C=O) groups excluding carboxylic acids is 1. The summed E-state index contributed by atoms with van der Waals surface area (Å²) in [4.78, 5) is 29.5. The predicted molar refractivity (Wildman–Crippen MR) is 111 cm³/mol. The summed E-state index contributed by atoms with van der Waals surface area (Å²) >= 11 is 0. The molecule has 0 aliphatic heterocycles. The molecule has 0 amide bonds. The van der Waals surface area contributed by atoms with E-state index in [-0.39, 0.29) is 12.2 Å². The third-order valence-electron chi connectivity index (χ3n) is 4.76. The Bertz CT molecular complexity index is 1230. The maximum atomic E-state index is 12.7. The van der Waals surface area contributed by atoms with Crippen LogP contribution in [0.3, 0.4) is 0 Å². The first kappa shape index (κ1) is 18.6. The zero-order valence-corrected chi connectivity index (χ0v) is 16.0. The average Bonchev–Trinajstić information content (AvgIpc) is 2.73. The van der Waals surface area contributed by atoms with Gasteiger partial charge in [0.1, 0.15) is 12.3 Å². The minimum atomic E-state index is -0.428. The number of hydrogen-bond acceptors (Lipinski definition) is 4. The van der Waals surface area contributed by atoms with Gasteiger partial charge >= 0.3 is 5.97 Å². The summed E-state index contributed by atoms with van der Waals surface area (Å²) in [7, 11) is 0. The maximum Gasteiger partial charge on any atom is 0.338 e. The number of fused-ring (bicyclic) bond motifs is 1. The molecule has 0 atom stereocenters. The molecule has 5 heteroatoms. The molecule has 144 valence electrons. The minimum Gasteiger partial charge on any atom is -0.456 e. The molecule has 5 nitrogen and oxygen atoms in total. The molecule has 0 saturated heterocycles. The quantitative estimate of drug-likeness (QED) is 0.489. The standard InChI is InChI=1S/C24H20N2O3/c1-17-8-7-13-22-25-20(15-23(27)26(17)22)16-29-24(28)21-12-6-5-11-19(21)14-18-9-3-2-4-10-18/h2-13,15H,14,16H2,1H3. The Morgan fingerprint density at radius 2 is 1.72 bits per heavy atom. The van der Waals surface area contributed by atoms with Crippen molar-refractivity contribution in [3.63, 3.8) is 0 Å². The van der Waals surface area contributed by atoms with Crippen molar-refractivity contribution in [3.8, 4) is 0 Å². The Kier molecular flexibility index (Phi) is 5.20. The Labute approximate surface area is 168 Å². The summed E-state index contributed by atoms with van der Waals surface area (Å²) in [5.74, 6) is -0.428. The molecule has 4 aromatic rings. The fourth-order valence-electron chi connectivity index (χ4n) is 3.34. The number of hydrogen-bond donors (Lipinski definition) is 0. The molecule has 0 aliphatic carbocycles. The molecular formula is C24H20N2O3. The van der Waals surface area contributed by atoms with E-state index in [0.29, 0.717) is 23.3 Å². The Balaban J connectivity index is 1.54. The second kappa shape index (κ2) is 8.10. The summed E-state index contributed by atoms with van der Waals surface area (Å²) < 4.78 is 7.01. The van der Waals surface area contributed by atoms with Gasteiger partial charge in [0.2, 0.25) is 0 Å². The average molecular weight is 384 g/mol. The number of aromatic nitrogens is 2. The van der Waals surface area contributed by atoms with Gasteiger partial charge in [0.05, 0.1) is 11.3 Å². The van der Waals surface area contributed by atoms with E-state index in [4.69, 9.17) is 4.74 Å². The van der Waals surface area contributed by atoms with Crippen molar-refractivity contribution in [1.82, 2.24) is 9.38 Å². The van der Waals surface area contributed by atoms with Crippen LogP contribution in [0.15, 0.2) is 83.7 Å². The summed E-state index contributed by atoms with van der Waals surface area (Å²) in [6.07, 6.45) is 0.640. The van der Waals surface area contributed by atoms with Crippen LogP contribution in [0.4, 0.5) is 0 Å². The molecule has 0 saturated carbocycles. The lowest BCUT2D eigenvalue weighted by molar-refractivity contribution is 0.0466. The summed E-state index contributed by atoms with van der Waals surface area (Å²) in [5, 5.41) is 0. The molecule has 0 fully saturated rings. The first-order chi connectivity index (χ1) is 14.1. The van der Waals surface area contributed by atoms with Crippen LogP contribution in [0.2, 0.25) is 0 Å². The Morgan fingerprint density at radius 1 is 0.966 bits per heavy atom. The van der Waals surface area contributed by atoms with Crippen LogP contribution in [0.5, 0.6) is 0 Å². The van der Waals surface area contributed by atoms with Gasteiger partial charge in [-0.05, 0) is 42.7 Å². The van der Waals surface area contributed by atoms with Crippen molar-refractivity contribution < 1.29 is 9.53 Å². The molecule has 2 heterocycles. The van der Waals surface area contributed by atoms with Crippen molar-refractivity contribution >= 4 is 11.6 Å². The van der Waals surface area contributed by atoms with Crippen LogP contribution in [0.25, 0.3) is 5.65 Å². The van der Waals surface area contributed by atoms with Crippen LogP contribution >= 0.6 is 0 Å². The van der Waals surface area contributed by atoms with Crippen molar-refractivity contribution in [1.29, 1.82) is 0 Å². The van der Waals surface area contributed by atoms with Gasteiger partial charge in [0, 0.05) is 11.8 Å². The highest BCUT2D eigenvalue weighted by molar-refractivity contribution is 5.91. The van der Waals surface area contributed by atoms with E-state index in [0.717, 1.165) is 16.8 Å². The lowest BCUT2D eigenvalue weighted by atomic mass is 10.00. The van der Waals surface area contributed by atoms with E-state index in [1.54, 1.807) is 12.1 Å². The number of rotatable bonds is 5. The molecule has 2 aromatic heterocycles. The van der Waals surface area contributed by atoms with Gasteiger partial charge in [0.25, 0.3) is 5.56 Å². The number of pyridine rings is 1. The number of benzene rings is 2. The number of ether oxygens (including phenoxy) is 1. The smallest absolute Gasteiger partial charge is 0.338 e. The van der Waals surface area contributed by atoms with Crippen molar-refractivity contribution in [2.75, 3.05) is 0 Å². The summed E-state index contributed by atoms with van der Waals surface area (Å²) in [5.41, 5.74) is 4.10. The third-order valence-corrected chi connectivity index (χ3v) is 4.76. The molecule has 0 N–H and O–H groups in total. The molecule has 4 rings (SSSR count). The van der Waals surface area contributed by atoms with Gasteiger partial charge in [-0.25, -0.2) is 9.78 Å². The van der Waals surface area contributed by atoms with Gasteiger partial charge in [-0.1, -0.05) is 54.6 Å². The van der Waals surface area contributed by atoms with Crippen LogP contribution in [-0.2, 0) is 17.8 Å². The predicted octanol–water partition coefficient (Wildman–Crippen LogP) is 3.95. The van der Waals surface area contributed by atoms with Crippen molar-refractivity contribution in [2.24, 2.45) is 0 Å². The van der Waals surface area contributed by atoms with E-state index < -0.39 is 5.97 Å². The fraction of sp³-hybridized carbons (Fsp3) is 0.125. The summed E-state index contributed by atoms with van der Waals surface area (Å²) in [6, 6.07) is 24.2.